The Morgan fingerprint density at radius 2 is 1.86 bits per heavy atom. The first-order chi connectivity index (χ1) is 18.1. The first kappa shape index (κ1) is 24.8. The zero-order valence-electron chi connectivity index (χ0n) is 20.3. The molecule has 1 aliphatic carbocycles. The van der Waals surface area contributed by atoms with Crippen LogP contribution in [0.3, 0.4) is 0 Å². The lowest BCUT2D eigenvalue weighted by atomic mass is 9.88. The van der Waals surface area contributed by atoms with Crippen LogP contribution in [0.2, 0.25) is 5.02 Å². The number of hydrogen-bond acceptors (Lipinski definition) is 5. The molecule has 0 heterocycles. The lowest BCUT2D eigenvalue weighted by molar-refractivity contribution is 0.0955. The summed E-state index contributed by atoms with van der Waals surface area (Å²) in [6.07, 6.45) is 5.10. The Hall–Kier alpha value is -3.87. The van der Waals surface area contributed by atoms with Crippen molar-refractivity contribution in [1.82, 2.24) is 10.7 Å². The third-order valence-electron chi connectivity index (χ3n) is 6.62. The second-order valence-corrected chi connectivity index (χ2v) is 9.42. The highest BCUT2D eigenvalue weighted by Gasteiger charge is 2.18. The number of phenolic OH excluding ortho intramolecular Hbond substituents is 1. The van der Waals surface area contributed by atoms with Gasteiger partial charge in [0.2, 0.25) is 0 Å². The van der Waals surface area contributed by atoms with E-state index in [1.165, 1.54) is 35.7 Å². The van der Waals surface area contributed by atoms with Gasteiger partial charge in [-0.1, -0.05) is 60.1 Å². The molecule has 0 aliphatic heterocycles. The van der Waals surface area contributed by atoms with Crippen molar-refractivity contribution in [2.75, 3.05) is 13.2 Å². The topological polar surface area (TPSA) is 83.0 Å². The van der Waals surface area contributed by atoms with Crippen LogP contribution in [-0.2, 0) is 6.42 Å². The molecule has 5 rings (SSSR count). The van der Waals surface area contributed by atoms with Crippen LogP contribution < -0.4 is 15.5 Å². The third-order valence-corrected chi connectivity index (χ3v) is 6.92. The van der Waals surface area contributed by atoms with Crippen molar-refractivity contribution in [3.05, 3.63) is 106 Å². The summed E-state index contributed by atoms with van der Waals surface area (Å²) in [6.45, 7) is 1.31. The number of aromatic hydroxyl groups is 1. The number of phenols is 1. The molecule has 0 fully saturated rings. The number of fused-ring (bicyclic) bond motifs is 2. The average molecular weight is 514 g/mol. The van der Waals surface area contributed by atoms with Crippen LogP contribution in [0.15, 0.2) is 84.0 Å². The summed E-state index contributed by atoms with van der Waals surface area (Å²) < 4.78 is 6.17. The van der Waals surface area contributed by atoms with Gasteiger partial charge < -0.3 is 15.2 Å². The predicted molar refractivity (Wildman–Crippen MR) is 148 cm³/mol. The molecule has 0 saturated carbocycles. The minimum Gasteiger partial charge on any atom is -0.506 e. The number of ether oxygens (including phenoxy) is 1. The summed E-state index contributed by atoms with van der Waals surface area (Å²) in [6, 6.07) is 25.1. The van der Waals surface area contributed by atoms with Crippen molar-refractivity contribution < 1.29 is 14.6 Å². The molecule has 1 amide bonds. The van der Waals surface area contributed by atoms with Crippen LogP contribution >= 0.6 is 11.6 Å². The Balaban J connectivity index is 1.22. The van der Waals surface area contributed by atoms with E-state index >= 15 is 0 Å². The summed E-state index contributed by atoms with van der Waals surface area (Å²) in [7, 11) is 0. The molecule has 0 saturated heterocycles. The van der Waals surface area contributed by atoms with E-state index in [2.05, 4.69) is 40.1 Å². The van der Waals surface area contributed by atoms with Gasteiger partial charge in [0.05, 0.1) is 11.2 Å². The molecule has 0 radical (unpaired) electrons. The molecular formula is C30H28ClN3O3. The summed E-state index contributed by atoms with van der Waals surface area (Å²) in [5.41, 5.74) is 6.51. The monoisotopic (exact) mass is 513 g/mol. The molecule has 37 heavy (non-hydrogen) atoms. The van der Waals surface area contributed by atoms with Crippen LogP contribution in [0.1, 0.15) is 45.9 Å². The first-order valence-corrected chi connectivity index (χ1v) is 12.8. The minimum atomic E-state index is -0.421. The van der Waals surface area contributed by atoms with Crippen molar-refractivity contribution in [2.45, 2.75) is 25.3 Å². The van der Waals surface area contributed by atoms with Crippen molar-refractivity contribution in [2.24, 2.45) is 5.10 Å². The van der Waals surface area contributed by atoms with Gasteiger partial charge in [-0.15, -0.1) is 0 Å². The largest absolute Gasteiger partial charge is 0.506 e. The first-order valence-electron chi connectivity index (χ1n) is 12.4. The van der Waals surface area contributed by atoms with Crippen LogP contribution in [0.25, 0.3) is 10.8 Å². The number of hydrogen-bond donors (Lipinski definition) is 3. The molecule has 7 heteroatoms. The lowest BCUT2D eigenvalue weighted by Crippen LogP contribution is -2.28. The van der Waals surface area contributed by atoms with E-state index in [4.69, 9.17) is 16.3 Å². The van der Waals surface area contributed by atoms with E-state index in [0.717, 1.165) is 41.5 Å². The Morgan fingerprint density at radius 1 is 1.05 bits per heavy atom. The molecule has 4 aromatic rings. The van der Waals surface area contributed by atoms with Crippen LogP contribution in [-0.4, -0.2) is 30.4 Å². The fourth-order valence-corrected chi connectivity index (χ4v) is 4.95. The highest BCUT2D eigenvalue weighted by atomic mass is 35.5. The summed E-state index contributed by atoms with van der Waals surface area (Å²) in [5.74, 6) is 0.308. The number of carbonyl (C=O) groups excluding carboxylic acids is 1. The standard InChI is InChI=1S/C30H28ClN3O3/c31-26-18-21(12-14-28(26)35)30(36)34-33-19-22-13-15-29(25-10-4-3-8-23(22)25)37-17-16-32-27-11-5-7-20-6-1-2-9-24(20)27/h1-4,6,8-10,12-15,18-19,27,32,35H,5,7,11,16-17H2,(H,34,36)/b33-19+. The number of nitrogens with zero attached hydrogens (tertiary/aromatic N) is 1. The average Bonchev–Trinajstić information content (AvgIpc) is 2.93. The molecular weight excluding hydrogens is 486 g/mol. The molecule has 1 aliphatic rings. The fraction of sp³-hybridized carbons (Fsp3) is 0.200. The van der Waals surface area contributed by atoms with Gasteiger partial charge in [-0.05, 0) is 66.1 Å². The van der Waals surface area contributed by atoms with E-state index in [9.17, 15) is 9.90 Å². The summed E-state index contributed by atoms with van der Waals surface area (Å²) in [5, 5.41) is 19.4. The Morgan fingerprint density at radius 3 is 2.73 bits per heavy atom. The van der Waals surface area contributed by atoms with E-state index in [1.54, 1.807) is 6.21 Å². The summed E-state index contributed by atoms with van der Waals surface area (Å²) >= 11 is 5.89. The number of halogens is 1. The van der Waals surface area contributed by atoms with Gasteiger partial charge in [0.25, 0.3) is 5.91 Å². The van der Waals surface area contributed by atoms with Gasteiger partial charge in [-0.2, -0.15) is 5.10 Å². The van der Waals surface area contributed by atoms with Gasteiger partial charge in [0.1, 0.15) is 18.1 Å². The maximum atomic E-state index is 12.4. The van der Waals surface area contributed by atoms with E-state index in [0.29, 0.717) is 18.2 Å². The molecule has 188 valence electrons. The number of amides is 1. The van der Waals surface area contributed by atoms with Crippen molar-refractivity contribution >= 4 is 34.5 Å². The molecule has 0 bridgehead atoms. The molecule has 4 aromatic carbocycles. The lowest BCUT2D eigenvalue weighted by Gasteiger charge is -2.26. The fourth-order valence-electron chi connectivity index (χ4n) is 4.77. The molecule has 3 N–H and O–H groups in total. The highest BCUT2D eigenvalue weighted by Crippen LogP contribution is 2.30. The highest BCUT2D eigenvalue weighted by molar-refractivity contribution is 6.32. The predicted octanol–water partition coefficient (Wildman–Crippen LogP) is 6.01. The van der Waals surface area contributed by atoms with Crippen molar-refractivity contribution in [3.8, 4) is 11.5 Å². The van der Waals surface area contributed by atoms with Crippen LogP contribution in [0.4, 0.5) is 0 Å². The SMILES string of the molecule is O=C(N/N=C/c1ccc(OCCNC2CCCc3ccccc32)c2ccccc12)c1ccc(O)c(Cl)c1. The van der Waals surface area contributed by atoms with Gasteiger partial charge in [0, 0.05) is 29.1 Å². The van der Waals surface area contributed by atoms with Gasteiger partial charge in [-0.25, -0.2) is 5.43 Å². The Labute approximate surface area is 220 Å². The van der Waals surface area contributed by atoms with Gasteiger partial charge in [0.15, 0.2) is 0 Å². The Bertz CT molecular complexity index is 1450. The number of rotatable bonds is 8. The van der Waals surface area contributed by atoms with Gasteiger partial charge in [-0.3, -0.25) is 4.79 Å². The number of aryl methyl sites for hydroxylation is 1. The quantitative estimate of drug-likeness (QED) is 0.153. The zero-order valence-corrected chi connectivity index (χ0v) is 21.0. The number of nitrogens with one attached hydrogen (secondary N) is 2. The van der Waals surface area contributed by atoms with Crippen molar-refractivity contribution in [1.29, 1.82) is 0 Å². The molecule has 0 aromatic heterocycles. The second-order valence-electron chi connectivity index (χ2n) is 9.01. The van der Waals surface area contributed by atoms with Gasteiger partial charge >= 0.3 is 0 Å². The normalized spacial score (nSPS) is 15.0. The summed E-state index contributed by atoms with van der Waals surface area (Å²) in [4.78, 5) is 12.4. The number of hydrazone groups is 1. The number of benzene rings is 4. The van der Waals surface area contributed by atoms with E-state index < -0.39 is 5.91 Å². The maximum Gasteiger partial charge on any atom is 0.271 e. The molecule has 6 nitrogen and oxygen atoms in total. The van der Waals surface area contributed by atoms with Crippen LogP contribution in [0, 0.1) is 0 Å². The number of carbonyl (C=O) groups is 1. The Kier molecular flexibility index (Phi) is 7.68. The molecule has 1 unspecified atom stereocenters. The van der Waals surface area contributed by atoms with E-state index in [1.807, 2.05) is 36.4 Å². The van der Waals surface area contributed by atoms with Crippen molar-refractivity contribution in [3.63, 3.8) is 0 Å². The minimum absolute atomic E-state index is 0.0782. The smallest absolute Gasteiger partial charge is 0.271 e. The maximum absolute atomic E-state index is 12.4. The second kappa shape index (κ2) is 11.5. The third kappa shape index (κ3) is 5.77. The van der Waals surface area contributed by atoms with E-state index in [-0.39, 0.29) is 10.8 Å². The molecule has 1 atom stereocenters. The molecule has 0 spiro atoms. The van der Waals surface area contributed by atoms with Crippen LogP contribution in [0.5, 0.6) is 11.5 Å². The zero-order chi connectivity index (χ0) is 25.6.